The zero-order valence-electron chi connectivity index (χ0n) is 12.2. The van der Waals surface area contributed by atoms with Gasteiger partial charge in [0.15, 0.2) is 0 Å². The number of carbonyl (C=O) groups is 1. The monoisotopic (exact) mass is 325 g/mol. The van der Waals surface area contributed by atoms with Gasteiger partial charge in [0.05, 0.1) is 22.5 Å². The van der Waals surface area contributed by atoms with Crippen molar-refractivity contribution in [3.8, 4) is 0 Å². The summed E-state index contributed by atoms with van der Waals surface area (Å²) in [4.78, 5) is 12.1. The Kier molecular flexibility index (Phi) is 4.91. The molecular weight excluding hydrogens is 309 g/mol. The molecule has 0 saturated carbocycles. The summed E-state index contributed by atoms with van der Waals surface area (Å²) >= 11 is 12.2. The fourth-order valence-corrected chi connectivity index (χ4v) is 2.59. The average Bonchev–Trinajstić information content (AvgIpc) is 2.66. The largest absolute Gasteiger partial charge is 0.348 e. The molecule has 0 aliphatic rings. The molecular formula is C15H17Cl2N3O. The number of hydrogen-bond acceptors (Lipinski definition) is 2. The highest BCUT2D eigenvalue weighted by atomic mass is 35.5. The van der Waals surface area contributed by atoms with Gasteiger partial charge in [-0.1, -0.05) is 41.4 Å². The minimum absolute atomic E-state index is 0.133. The number of nitrogens with zero attached hydrogens (tertiary/aromatic N) is 2. The van der Waals surface area contributed by atoms with Gasteiger partial charge in [0.2, 0.25) is 5.91 Å². The maximum absolute atomic E-state index is 12.1. The lowest BCUT2D eigenvalue weighted by Gasteiger charge is -2.16. The molecule has 0 aliphatic carbocycles. The number of nitrogens with one attached hydrogen (secondary N) is 1. The van der Waals surface area contributed by atoms with E-state index in [4.69, 9.17) is 23.2 Å². The second kappa shape index (κ2) is 6.50. The van der Waals surface area contributed by atoms with Crippen molar-refractivity contribution < 1.29 is 4.79 Å². The van der Waals surface area contributed by atoms with Gasteiger partial charge >= 0.3 is 0 Å². The number of benzene rings is 1. The highest BCUT2D eigenvalue weighted by Gasteiger charge is 2.15. The Morgan fingerprint density at radius 1 is 1.33 bits per heavy atom. The molecule has 2 rings (SSSR count). The molecule has 1 atom stereocenters. The van der Waals surface area contributed by atoms with Crippen LogP contribution in [0.15, 0.2) is 24.3 Å². The third-order valence-electron chi connectivity index (χ3n) is 3.34. The van der Waals surface area contributed by atoms with Crippen LogP contribution in [0.1, 0.15) is 29.9 Å². The van der Waals surface area contributed by atoms with Crippen LogP contribution < -0.4 is 5.32 Å². The van der Waals surface area contributed by atoms with Crippen LogP contribution in [0.5, 0.6) is 0 Å². The number of aryl methyl sites for hydroxylation is 1. The molecule has 2 aromatic rings. The Morgan fingerprint density at radius 2 is 2.00 bits per heavy atom. The molecule has 1 N–H and O–H groups in total. The molecule has 0 fully saturated rings. The van der Waals surface area contributed by atoms with E-state index in [1.807, 2.05) is 39.0 Å². The van der Waals surface area contributed by atoms with Crippen molar-refractivity contribution in [2.24, 2.45) is 0 Å². The molecule has 1 aromatic heterocycles. The summed E-state index contributed by atoms with van der Waals surface area (Å²) in [5, 5.41) is 8.40. The summed E-state index contributed by atoms with van der Waals surface area (Å²) in [7, 11) is 0. The summed E-state index contributed by atoms with van der Waals surface area (Å²) in [6.07, 6.45) is 0. The van der Waals surface area contributed by atoms with E-state index in [1.165, 1.54) is 0 Å². The molecule has 112 valence electrons. The van der Waals surface area contributed by atoms with E-state index < -0.39 is 0 Å². The lowest BCUT2D eigenvalue weighted by Crippen LogP contribution is -2.30. The Balaban J connectivity index is 2.05. The third kappa shape index (κ3) is 3.57. The number of rotatable bonds is 4. The molecule has 0 aliphatic heterocycles. The summed E-state index contributed by atoms with van der Waals surface area (Å²) in [5.41, 5.74) is 2.40. The van der Waals surface area contributed by atoms with Crippen LogP contribution in [-0.4, -0.2) is 15.7 Å². The van der Waals surface area contributed by atoms with E-state index in [0.29, 0.717) is 10.0 Å². The summed E-state index contributed by atoms with van der Waals surface area (Å²) in [6, 6.07) is 7.29. The first-order chi connectivity index (χ1) is 9.90. The second-order valence-corrected chi connectivity index (χ2v) is 5.74. The summed E-state index contributed by atoms with van der Waals surface area (Å²) in [6.45, 7) is 5.69. The first-order valence-electron chi connectivity index (χ1n) is 6.63. The fourth-order valence-electron chi connectivity index (χ4n) is 2.16. The topological polar surface area (TPSA) is 46.9 Å². The third-order valence-corrected chi connectivity index (χ3v) is 4.23. The number of aromatic nitrogens is 2. The predicted octanol–water partition coefficient (Wildman–Crippen LogP) is 3.68. The van der Waals surface area contributed by atoms with Gasteiger partial charge in [0.1, 0.15) is 6.54 Å². The van der Waals surface area contributed by atoms with E-state index in [0.717, 1.165) is 17.0 Å². The number of hydrogen-bond donors (Lipinski definition) is 1. The van der Waals surface area contributed by atoms with Gasteiger partial charge in [-0.3, -0.25) is 9.48 Å². The molecule has 1 aromatic carbocycles. The Hall–Kier alpha value is -1.52. The number of amides is 1. The molecule has 0 radical (unpaired) electrons. The van der Waals surface area contributed by atoms with Gasteiger partial charge in [-0.15, -0.1) is 0 Å². The van der Waals surface area contributed by atoms with E-state index in [2.05, 4.69) is 10.4 Å². The minimum atomic E-state index is -0.168. The van der Waals surface area contributed by atoms with Crippen LogP contribution in [0.4, 0.5) is 0 Å². The van der Waals surface area contributed by atoms with E-state index in [1.54, 1.807) is 10.7 Å². The lowest BCUT2D eigenvalue weighted by molar-refractivity contribution is -0.122. The molecule has 0 spiro atoms. The van der Waals surface area contributed by atoms with Gasteiger partial charge in [0.25, 0.3) is 0 Å². The number of carbonyl (C=O) groups excluding carboxylic acids is 1. The fraction of sp³-hybridized carbons (Fsp3) is 0.333. The van der Waals surface area contributed by atoms with Crippen LogP contribution in [0.2, 0.25) is 10.0 Å². The van der Waals surface area contributed by atoms with Crippen molar-refractivity contribution in [2.45, 2.75) is 33.4 Å². The van der Waals surface area contributed by atoms with E-state index in [-0.39, 0.29) is 18.5 Å². The van der Waals surface area contributed by atoms with Crippen molar-refractivity contribution in [2.75, 3.05) is 0 Å². The summed E-state index contributed by atoms with van der Waals surface area (Å²) in [5.74, 6) is -0.135. The Morgan fingerprint density at radius 3 is 2.57 bits per heavy atom. The SMILES string of the molecule is Cc1nn(CC(=O)NC(C)c2ccccc2Cl)c(C)c1Cl. The first kappa shape index (κ1) is 15.9. The normalized spacial score (nSPS) is 12.2. The highest BCUT2D eigenvalue weighted by molar-refractivity contribution is 6.32. The average molecular weight is 326 g/mol. The van der Waals surface area contributed by atoms with Crippen LogP contribution in [0.3, 0.4) is 0 Å². The maximum Gasteiger partial charge on any atom is 0.242 e. The molecule has 4 nitrogen and oxygen atoms in total. The second-order valence-electron chi connectivity index (χ2n) is 4.95. The van der Waals surface area contributed by atoms with Crippen molar-refractivity contribution >= 4 is 29.1 Å². The molecule has 0 saturated heterocycles. The molecule has 0 bridgehead atoms. The molecule has 1 heterocycles. The van der Waals surface area contributed by atoms with Gasteiger partial charge in [-0.25, -0.2) is 0 Å². The van der Waals surface area contributed by atoms with Crippen LogP contribution in [-0.2, 0) is 11.3 Å². The molecule has 1 amide bonds. The van der Waals surface area contributed by atoms with Gasteiger partial charge in [-0.2, -0.15) is 5.10 Å². The predicted molar refractivity (Wildman–Crippen MR) is 84.7 cm³/mol. The zero-order chi connectivity index (χ0) is 15.6. The smallest absolute Gasteiger partial charge is 0.242 e. The first-order valence-corrected chi connectivity index (χ1v) is 7.39. The van der Waals surface area contributed by atoms with E-state index >= 15 is 0 Å². The highest BCUT2D eigenvalue weighted by Crippen LogP contribution is 2.22. The lowest BCUT2D eigenvalue weighted by atomic mass is 10.1. The van der Waals surface area contributed by atoms with Crippen LogP contribution in [0.25, 0.3) is 0 Å². The van der Waals surface area contributed by atoms with Gasteiger partial charge in [-0.05, 0) is 32.4 Å². The summed E-state index contributed by atoms with van der Waals surface area (Å²) < 4.78 is 1.60. The van der Waals surface area contributed by atoms with Crippen molar-refractivity contribution in [1.82, 2.24) is 15.1 Å². The number of halogens is 2. The van der Waals surface area contributed by atoms with Gasteiger partial charge < -0.3 is 5.32 Å². The molecule has 21 heavy (non-hydrogen) atoms. The quantitative estimate of drug-likeness (QED) is 0.931. The maximum atomic E-state index is 12.1. The molecule has 1 unspecified atom stereocenters. The Bertz CT molecular complexity index is 667. The minimum Gasteiger partial charge on any atom is -0.348 e. The van der Waals surface area contributed by atoms with Crippen molar-refractivity contribution in [1.29, 1.82) is 0 Å². The van der Waals surface area contributed by atoms with Crippen LogP contribution in [0, 0.1) is 13.8 Å². The zero-order valence-corrected chi connectivity index (χ0v) is 13.7. The Labute approximate surface area is 134 Å². The van der Waals surface area contributed by atoms with Gasteiger partial charge in [0, 0.05) is 5.02 Å². The molecule has 6 heteroatoms. The van der Waals surface area contributed by atoms with Crippen molar-refractivity contribution in [3.05, 3.63) is 51.3 Å². The van der Waals surface area contributed by atoms with Crippen molar-refractivity contribution in [3.63, 3.8) is 0 Å². The van der Waals surface area contributed by atoms with E-state index in [9.17, 15) is 4.79 Å². The van der Waals surface area contributed by atoms with Crippen LogP contribution >= 0.6 is 23.2 Å². The standard InChI is InChI=1S/C15H17Cl2N3O/c1-9(12-6-4-5-7-13(12)16)18-14(21)8-20-11(3)15(17)10(2)19-20/h4-7,9H,8H2,1-3H3,(H,18,21).